The first-order valence-electron chi connectivity index (χ1n) is 3.92. The van der Waals surface area contributed by atoms with Gasteiger partial charge < -0.3 is 5.73 Å². The second kappa shape index (κ2) is 2.71. The molecule has 0 unspecified atom stereocenters. The third-order valence-electron chi connectivity index (χ3n) is 1.99. The SMILES string of the molecule is CS(=O)(=O)c1ccc2[nH]nc(N)c2c1. The summed E-state index contributed by atoms with van der Waals surface area (Å²) in [6.07, 6.45) is 1.16. The molecule has 0 radical (unpaired) electrons. The number of nitrogens with one attached hydrogen (secondary N) is 1. The molecule has 1 aromatic carbocycles. The van der Waals surface area contributed by atoms with E-state index in [4.69, 9.17) is 5.73 Å². The van der Waals surface area contributed by atoms with Gasteiger partial charge in [-0.25, -0.2) is 8.42 Å². The van der Waals surface area contributed by atoms with Crippen LogP contribution in [0.4, 0.5) is 5.82 Å². The number of aromatic amines is 1. The van der Waals surface area contributed by atoms with E-state index in [1.54, 1.807) is 6.07 Å². The van der Waals surface area contributed by atoms with E-state index in [0.717, 1.165) is 11.8 Å². The molecule has 0 aliphatic carbocycles. The molecular weight excluding hydrogens is 202 g/mol. The average molecular weight is 211 g/mol. The summed E-state index contributed by atoms with van der Waals surface area (Å²) >= 11 is 0. The Morgan fingerprint density at radius 3 is 2.79 bits per heavy atom. The standard InChI is InChI=1S/C8H9N3O2S/c1-14(12,13)5-2-3-7-6(4-5)8(9)11-10-7/h2-4H,1H3,(H3,9,10,11). The predicted octanol–water partition coefficient (Wildman–Crippen LogP) is 0.549. The van der Waals surface area contributed by atoms with Crippen LogP contribution in [0.5, 0.6) is 0 Å². The number of rotatable bonds is 1. The highest BCUT2D eigenvalue weighted by Gasteiger charge is 2.09. The molecule has 2 rings (SSSR count). The lowest BCUT2D eigenvalue weighted by molar-refractivity contribution is 0.602. The highest BCUT2D eigenvalue weighted by atomic mass is 32.2. The fraction of sp³-hybridized carbons (Fsp3) is 0.125. The molecule has 0 aliphatic heterocycles. The van der Waals surface area contributed by atoms with E-state index in [0.29, 0.717) is 11.2 Å². The third kappa shape index (κ3) is 1.33. The Hall–Kier alpha value is -1.56. The maximum Gasteiger partial charge on any atom is 0.175 e. The Bertz CT molecular complexity index is 586. The van der Waals surface area contributed by atoms with E-state index in [1.165, 1.54) is 12.1 Å². The number of fused-ring (bicyclic) bond motifs is 1. The molecule has 5 nitrogen and oxygen atoms in total. The van der Waals surface area contributed by atoms with E-state index < -0.39 is 9.84 Å². The van der Waals surface area contributed by atoms with Gasteiger partial charge in [0.1, 0.15) is 0 Å². The number of hydrogen-bond acceptors (Lipinski definition) is 4. The van der Waals surface area contributed by atoms with Crippen molar-refractivity contribution in [3.05, 3.63) is 18.2 Å². The van der Waals surface area contributed by atoms with Crippen molar-refractivity contribution in [2.24, 2.45) is 0 Å². The summed E-state index contributed by atoms with van der Waals surface area (Å²) < 4.78 is 22.5. The molecule has 14 heavy (non-hydrogen) atoms. The summed E-state index contributed by atoms with van der Waals surface area (Å²) in [6.45, 7) is 0. The topological polar surface area (TPSA) is 88.8 Å². The largest absolute Gasteiger partial charge is 0.382 e. The number of hydrogen-bond donors (Lipinski definition) is 2. The van der Waals surface area contributed by atoms with Gasteiger partial charge in [0.05, 0.1) is 10.4 Å². The van der Waals surface area contributed by atoms with Crippen LogP contribution in [0.25, 0.3) is 10.9 Å². The number of sulfone groups is 1. The Labute approximate surface area is 80.8 Å². The highest BCUT2D eigenvalue weighted by Crippen LogP contribution is 2.21. The van der Waals surface area contributed by atoms with Crippen LogP contribution in [-0.2, 0) is 9.84 Å². The maximum atomic E-state index is 11.2. The number of anilines is 1. The summed E-state index contributed by atoms with van der Waals surface area (Å²) in [4.78, 5) is 0.248. The molecule has 0 saturated carbocycles. The number of nitrogens with two attached hydrogens (primary N) is 1. The Morgan fingerprint density at radius 2 is 2.14 bits per heavy atom. The quantitative estimate of drug-likeness (QED) is 0.720. The minimum Gasteiger partial charge on any atom is -0.382 e. The number of nitrogens with zero attached hydrogens (tertiary/aromatic N) is 1. The van der Waals surface area contributed by atoms with E-state index in [1.807, 2.05) is 0 Å². The highest BCUT2D eigenvalue weighted by molar-refractivity contribution is 7.90. The lowest BCUT2D eigenvalue weighted by atomic mass is 10.2. The fourth-order valence-corrected chi connectivity index (χ4v) is 1.89. The molecule has 3 N–H and O–H groups in total. The molecule has 0 spiro atoms. The number of benzene rings is 1. The fourth-order valence-electron chi connectivity index (χ4n) is 1.24. The van der Waals surface area contributed by atoms with Crippen molar-refractivity contribution in [3.8, 4) is 0 Å². The van der Waals surface area contributed by atoms with E-state index in [-0.39, 0.29) is 4.90 Å². The Balaban J connectivity index is 2.79. The van der Waals surface area contributed by atoms with Gasteiger partial charge in [0.15, 0.2) is 15.7 Å². The van der Waals surface area contributed by atoms with Gasteiger partial charge in [0, 0.05) is 11.6 Å². The van der Waals surface area contributed by atoms with Crippen molar-refractivity contribution < 1.29 is 8.42 Å². The molecule has 0 saturated heterocycles. The summed E-state index contributed by atoms with van der Waals surface area (Å²) in [5.41, 5.74) is 6.28. The third-order valence-corrected chi connectivity index (χ3v) is 3.10. The minimum atomic E-state index is -3.19. The molecule has 6 heteroatoms. The molecular formula is C8H9N3O2S. The van der Waals surface area contributed by atoms with E-state index in [2.05, 4.69) is 10.2 Å². The van der Waals surface area contributed by atoms with Gasteiger partial charge in [0.2, 0.25) is 0 Å². The Kier molecular flexibility index (Phi) is 1.75. The molecule has 0 amide bonds. The van der Waals surface area contributed by atoms with Crippen molar-refractivity contribution >= 4 is 26.6 Å². The lowest BCUT2D eigenvalue weighted by Crippen LogP contribution is -1.96. The van der Waals surface area contributed by atoms with Crippen molar-refractivity contribution in [3.63, 3.8) is 0 Å². The van der Waals surface area contributed by atoms with Crippen molar-refractivity contribution in [1.29, 1.82) is 0 Å². The second-order valence-corrected chi connectivity index (χ2v) is 5.10. The van der Waals surface area contributed by atoms with Gasteiger partial charge in [0.25, 0.3) is 0 Å². The van der Waals surface area contributed by atoms with E-state index in [9.17, 15) is 8.42 Å². The average Bonchev–Trinajstić information content (AvgIpc) is 2.46. The van der Waals surface area contributed by atoms with Gasteiger partial charge >= 0.3 is 0 Å². The minimum absolute atomic E-state index is 0.248. The predicted molar refractivity (Wildman–Crippen MR) is 53.6 cm³/mol. The van der Waals surface area contributed by atoms with Crippen molar-refractivity contribution in [2.45, 2.75) is 4.90 Å². The lowest BCUT2D eigenvalue weighted by Gasteiger charge is -1.97. The molecule has 0 aliphatic rings. The van der Waals surface area contributed by atoms with Crippen LogP contribution >= 0.6 is 0 Å². The molecule has 0 fully saturated rings. The molecule has 1 aromatic heterocycles. The summed E-state index contributed by atoms with van der Waals surface area (Å²) in [5, 5.41) is 7.11. The van der Waals surface area contributed by atoms with Gasteiger partial charge in [-0.15, -0.1) is 0 Å². The van der Waals surface area contributed by atoms with Gasteiger partial charge in [-0.3, -0.25) is 5.10 Å². The van der Waals surface area contributed by atoms with Gasteiger partial charge in [-0.2, -0.15) is 5.10 Å². The summed E-state index contributed by atoms with van der Waals surface area (Å²) in [6, 6.07) is 4.69. The molecule has 2 aromatic rings. The summed E-state index contributed by atoms with van der Waals surface area (Å²) in [7, 11) is -3.19. The summed E-state index contributed by atoms with van der Waals surface area (Å²) in [5.74, 6) is 0.311. The van der Waals surface area contributed by atoms with Gasteiger partial charge in [-0.1, -0.05) is 0 Å². The molecule has 0 atom stereocenters. The van der Waals surface area contributed by atoms with Gasteiger partial charge in [-0.05, 0) is 18.2 Å². The Morgan fingerprint density at radius 1 is 1.43 bits per heavy atom. The van der Waals surface area contributed by atoms with Crippen LogP contribution in [-0.4, -0.2) is 24.9 Å². The van der Waals surface area contributed by atoms with Crippen LogP contribution in [0.2, 0.25) is 0 Å². The number of H-pyrrole nitrogens is 1. The first-order chi connectivity index (χ1) is 6.48. The first-order valence-corrected chi connectivity index (χ1v) is 5.81. The van der Waals surface area contributed by atoms with E-state index >= 15 is 0 Å². The zero-order valence-corrected chi connectivity index (χ0v) is 8.30. The maximum absolute atomic E-state index is 11.2. The molecule has 1 heterocycles. The van der Waals surface area contributed by atoms with Crippen LogP contribution < -0.4 is 5.73 Å². The van der Waals surface area contributed by atoms with Crippen LogP contribution in [0.3, 0.4) is 0 Å². The monoisotopic (exact) mass is 211 g/mol. The normalized spacial score (nSPS) is 12.1. The number of aromatic nitrogens is 2. The smallest absolute Gasteiger partial charge is 0.175 e. The van der Waals surface area contributed by atoms with Crippen LogP contribution in [0.1, 0.15) is 0 Å². The van der Waals surface area contributed by atoms with Crippen LogP contribution in [0, 0.1) is 0 Å². The zero-order valence-electron chi connectivity index (χ0n) is 7.48. The zero-order chi connectivity index (χ0) is 10.3. The number of nitrogen functional groups attached to an aromatic ring is 1. The van der Waals surface area contributed by atoms with Crippen molar-refractivity contribution in [2.75, 3.05) is 12.0 Å². The molecule has 0 bridgehead atoms. The van der Waals surface area contributed by atoms with Crippen molar-refractivity contribution in [1.82, 2.24) is 10.2 Å². The second-order valence-electron chi connectivity index (χ2n) is 3.09. The molecule has 74 valence electrons. The first kappa shape index (κ1) is 9.01. The van der Waals surface area contributed by atoms with Crippen LogP contribution in [0.15, 0.2) is 23.1 Å².